The van der Waals surface area contributed by atoms with E-state index >= 15 is 0 Å². The predicted molar refractivity (Wildman–Crippen MR) is 116 cm³/mol. The Balaban J connectivity index is 1.94. The number of allylic oxidation sites excluding steroid dienone is 1. The zero-order chi connectivity index (χ0) is 22.8. The number of aliphatic imine (C=N–C) groups is 1. The number of carbonyl (C=O) groups is 2. The lowest BCUT2D eigenvalue weighted by molar-refractivity contribution is -0.138. The summed E-state index contributed by atoms with van der Waals surface area (Å²) in [6, 6.07) is 14.0. The minimum Gasteiger partial charge on any atom is -0.466 e. The Labute approximate surface area is 184 Å². The molecule has 0 saturated carbocycles. The van der Waals surface area contributed by atoms with Gasteiger partial charge in [0, 0.05) is 0 Å². The molecule has 9 heteroatoms. The number of hydrogen-bond donors (Lipinski definition) is 0. The summed E-state index contributed by atoms with van der Waals surface area (Å²) in [6.07, 6.45) is 0. The number of halogens is 1. The molecule has 0 N–H and O–H groups in total. The number of benzene rings is 2. The van der Waals surface area contributed by atoms with Crippen LogP contribution in [0.5, 0.6) is 0 Å². The summed E-state index contributed by atoms with van der Waals surface area (Å²) >= 11 is 0. The lowest BCUT2D eigenvalue weighted by atomic mass is 9.94. The van der Waals surface area contributed by atoms with Crippen LogP contribution in [0.2, 0.25) is 0 Å². The van der Waals surface area contributed by atoms with Crippen LogP contribution < -0.4 is 5.01 Å². The van der Waals surface area contributed by atoms with Crippen molar-refractivity contribution >= 4 is 29.4 Å². The van der Waals surface area contributed by atoms with E-state index in [1.165, 1.54) is 29.2 Å². The van der Waals surface area contributed by atoms with Gasteiger partial charge in [-0.25, -0.2) is 19.0 Å². The maximum Gasteiger partial charge on any atom is 0.376 e. The maximum atomic E-state index is 13.7. The maximum absolute atomic E-state index is 13.7. The van der Waals surface area contributed by atoms with Gasteiger partial charge in [-0.05, 0) is 43.7 Å². The van der Waals surface area contributed by atoms with E-state index in [2.05, 4.69) is 10.1 Å². The molecule has 2 aromatic rings. The molecule has 4 rings (SSSR count). The van der Waals surface area contributed by atoms with E-state index in [0.29, 0.717) is 22.9 Å². The van der Waals surface area contributed by atoms with Crippen molar-refractivity contribution < 1.29 is 23.5 Å². The fourth-order valence-electron chi connectivity index (χ4n) is 3.67. The van der Waals surface area contributed by atoms with Crippen LogP contribution in [0, 0.1) is 5.82 Å². The Kier molecular flexibility index (Phi) is 5.72. The number of rotatable bonds is 5. The van der Waals surface area contributed by atoms with Crippen molar-refractivity contribution in [3.63, 3.8) is 0 Å². The number of hydrazone groups is 1. The third-order valence-corrected chi connectivity index (χ3v) is 5.07. The van der Waals surface area contributed by atoms with Crippen molar-refractivity contribution in [2.45, 2.75) is 19.9 Å². The number of hydrogen-bond acceptors (Lipinski definition) is 8. The number of methoxy groups -OCH3 is 1. The van der Waals surface area contributed by atoms with Gasteiger partial charge in [0.1, 0.15) is 5.82 Å². The van der Waals surface area contributed by atoms with Crippen molar-refractivity contribution in [3.8, 4) is 0 Å². The predicted octanol–water partition coefficient (Wildman–Crippen LogP) is 3.38. The van der Waals surface area contributed by atoms with Gasteiger partial charge >= 0.3 is 11.9 Å². The molecule has 0 saturated heterocycles. The average Bonchev–Trinajstić information content (AvgIpc) is 3.18. The van der Waals surface area contributed by atoms with E-state index in [-0.39, 0.29) is 18.0 Å². The Bertz CT molecular complexity index is 1140. The van der Waals surface area contributed by atoms with Crippen LogP contribution in [-0.4, -0.2) is 42.4 Å². The molecule has 0 fully saturated rings. The van der Waals surface area contributed by atoms with Gasteiger partial charge in [0.2, 0.25) is 11.8 Å². The Morgan fingerprint density at radius 2 is 1.75 bits per heavy atom. The van der Waals surface area contributed by atoms with Gasteiger partial charge in [0.05, 0.1) is 36.7 Å². The first-order valence-corrected chi connectivity index (χ1v) is 9.99. The van der Waals surface area contributed by atoms with E-state index in [9.17, 15) is 14.0 Å². The standard InChI is InChI=1S/C23H21FN4O4/c1-4-32-22(30)20-26-28(17-8-6-5-7-9-17)23-25-14(2)18(21(29)31-3)19(27(20)23)15-10-12-16(24)13-11-15/h5-13,19H,4H2,1-3H3. The number of fused-ring (bicyclic) bond motifs is 1. The second kappa shape index (κ2) is 8.62. The fraction of sp³-hybridized carbons (Fsp3) is 0.217. The van der Waals surface area contributed by atoms with Crippen molar-refractivity contribution in [1.82, 2.24) is 4.90 Å². The molecule has 0 amide bonds. The minimum atomic E-state index is -0.826. The smallest absolute Gasteiger partial charge is 0.376 e. The van der Waals surface area contributed by atoms with Gasteiger partial charge < -0.3 is 9.47 Å². The highest BCUT2D eigenvalue weighted by atomic mass is 19.1. The molecule has 0 bridgehead atoms. The summed E-state index contributed by atoms with van der Waals surface area (Å²) in [4.78, 5) is 31.7. The number of para-hydroxylation sites is 1. The molecule has 32 heavy (non-hydrogen) atoms. The normalized spacial score (nSPS) is 17.6. The molecule has 1 atom stereocenters. The van der Waals surface area contributed by atoms with Crippen molar-refractivity contribution in [2.24, 2.45) is 10.1 Å². The van der Waals surface area contributed by atoms with Crippen molar-refractivity contribution in [2.75, 3.05) is 18.7 Å². The van der Waals surface area contributed by atoms with Gasteiger partial charge in [-0.3, -0.25) is 4.90 Å². The lowest BCUT2D eigenvalue weighted by Gasteiger charge is -2.35. The zero-order valence-corrected chi connectivity index (χ0v) is 17.8. The highest BCUT2D eigenvalue weighted by Crippen LogP contribution is 2.40. The number of ether oxygens (including phenoxy) is 2. The first kappa shape index (κ1) is 21.2. The molecule has 2 aliphatic heterocycles. The molecule has 0 radical (unpaired) electrons. The number of nitrogens with zero attached hydrogens (tertiary/aromatic N) is 4. The Hall–Kier alpha value is -4.01. The molecule has 2 aromatic carbocycles. The third-order valence-electron chi connectivity index (χ3n) is 5.07. The summed E-state index contributed by atoms with van der Waals surface area (Å²) < 4.78 is 23.9. The third kappa shape index (κ3) is 3.62. The SMILES string of the molecule is CCOC(=O)C1=NN(c2ccccc2)C2=NC(C)=C(C(=O)OC)C(c3ccc(F)cc3)N12. The molecule has 8 nitrogen and oxygen atoms in total. The molecule has 0 aliphatic carbocycles. The topological polar surface area (TPSA) is 83.8 Å². The van der Waals surface area contributed by atoms with Gasteiger partial charge in [0.15, 0.2) is 0 Å². The number of guanidine groups is 1. The molecule has 0 spiro atoms. The van der Waals surface area contributed by atoms with Gasteiger partial charge in [-0.2, -0.15) is 5.01 Å². The molecule has 2 aliphatic rings. The van der Waals surface area contributed by atoms with Crippen LogP contribution >= 0.6 is 0 Å². The summed E-state index contributed by atoms with van der Waals surface area (Å²) in [5.41, 5.74) is 1.85. The first-order chi connectivity index (χ1) is 15.5. The zero-order valence-electron chi connectivity index (χ0n) is 17.8. The van der Waals surface area contributed by atoms with Gasteiger partial charge in [-0.15, -0.1) is 5.10 Å². The molecule has 1 unspecified atom stereocenters. The van der Waals surface area contributed by atoms with E-state index in [0.717, 1.165) is 0 Å². The van der Waals surface area contributed by atoms with Gasteiger partial charge in [-0.1, -0.05) is 30.3 Å². The number of amidine groups is 1. The van der Waals surface area contributed by atoms with Crippen LogP contribution in [0.15, 0.2) is 76.0 Å². The summed E-state index contributed by atoms with van der Waals surface area (Å²) in [7, 11) is 1.27. The summed E-state index contributed by atoms with van der Waals surface area (Å²) in [5, 5.41) is 6.00. The van der Waals surface area contributed by atoms with E-state index in [1.54, 1.807) is 26.0 Å². The van der Waals surface area contributed by atoms with Crippen molar-refractivity contribution in [3.05, 3.63) is 77.2 Å². The number of anilines is 1. The molecular weight excluding hydrogens is 415 g/mol. The average molecular weight is 436 g/mol. The van der Waals surface area contributed by atoms with E-state index < -0.39 is 23.8 Å². The van der Waals surface area contributed by atoms with Crippen LogP contribution in [0.4, 0.5) is 10.1 Å². The van der Waals surface area contributed by atoms with Crippen LogP contribution in [0.3, 0.4) is 0 Å². The fourth-order valence-corrected chi connectivity index (χ4v) is 3.67. The summed E-state index contributed by atoms with van der Waals surface area (Å²) in [6.45, 7) is 3.51. The van der Waals surface area contributed by atoms with Crippen molar-refractivity contribution in [1.29, 1.82) is 0 Å². The molecule has 2 heterocycles. The second-order valence-corrected chi connectivity index (χ2v) is 7.02. The van der Waals surface area contributed by atoms with E-state index in [1.807, 2.05) is 30.3 Å². The highest BCUT2D eigenvalue weighted by Gasteiger charge is 2.47. The number of esters is 2. The largest absolute Gasteiger partial charge is 0.466 e. The molecule has 164 valence electrons. The quantitative estimate of drug-likeness (QED) is 0.669. The monoisotopic (exact) mass is 436 g/mol. The first-order valence-electron chi connectivity index (χ1n) is 9.99. The molecular formula is C23H21FN4O4. The summed E-state index contributed by atoms with van der Waals surface area (Å²) in [5.74, 6) is -1.43. The highest BCUT2D eigenvalue weighted by molar-refractivity contribution is 6.41. The molecule has 0 aromatic heterocycles. The Morgan fingerprint density at radius 1 is 1.06 bits per heavy atom. The number of carbonyl (C=O) groups excluding carboxylic acids is 2. The van der Waals surface area contributed by atoms with Crippen LogP contribution in [0.1, 0.15) is 25.5 Å². The lowest BCUT2D eigenvalue weighted by Crippen LogP contribution is -2.47. The second-order valence-electron chi connectivity index (χ2n) is 7.02. The Morgan fingerprint density at radius 3 is 2.38 bits per heavy atom. The minimum absolute atomic E-state index is 0.0438. The van der Waals surface area contributed by atoms with Gasteiger partial charge in [0.25, 0.3) is 0 Å². The van der Waals surface area contributed by atoms with Crippen LogP contribution in [0.25, 0.3) is 0 Å². The van der Waals surface area contributed by atoms with Crippen LogP contribution in [-0.2, 0) is 19.1 Å². The van der Waals surface area contributed by atoms with E-state index in [4.69, 9.17) is 9.47 Å².